The summed E-state index contributed by atoms with van der Waals surface area (Å²) in [7, 11) is 0. The van der Waals surface area contributed by atoms with Gasteiger partial charge in [-0.25, -0.2) is 4.79 Å². The van der Waals surface area contributed by atoms with E-state index in [0.29, 0.717) is 34.6 Å². The summed E-state index contributed by atoms with van der Waals surface area (Å²) in [6.07, 6.45) is 0. The molecule has 8 nitrogen and oxygen atoms in total. The fraction of sp³-hybridized carbons (Fsp3) is 0.286. The predicted molar refractivity (Wildman–Crippen MR) is 111 cm³/mol. The van der Waals surface area contributed by atoms with Crippen molar-refractivity contribution in [1.29, 1.82) is 0 Å². The lowest BCUT2D eigenvalue weighted by molar-refractivity contribution is -0.118. The Labute approximate surface area is 167 Å². The molecule has 0 saturated heterocycles. The maximum atomic E-state index is 12.8. The van der Waals surface area contributed by atoms with Gasteiger partial charge in [0.25, 0.3) is 5.91 Å². The molecule has 1 aromatic heterocycles. The first-order valence-electron chi connectivity index (χ1n) is 9.44. The van der Waals surface area contributed by atoms with Crippen molar-refractivity contribution < 1.29 is 14.3 Å². The zero-order valence-corrected chi connectivity index (χ0v) is 16.5. The SMILES string of the molecule is CCOc1ccc(C(=O)NC(C(=O)Nc2ccc3[nH]c(=O)[nH]c3c2)C(C)C)cc1. The number of nitrogens with one attached hydrogen (secondary N) is 4. The van der Waals surface area contributed by atoms with Crippen LogP contribution in [0.15, 0.2) is 47.3 Å². The molecule has 0 fully saturated rings. The van der Waals surface area contributed by atoms with Crippen LogP contribution >= 0.6 is 0 Å². The summed E-state index contributed by atoms with van der Waals surface area (Å²) in [4.78, 5) is 42.0. The van der Waals surface area contributed by atoms with Crippen LogP contribution in [0.4, 0.5) is 5.69 Å². The second-order valence-corrected chi connectivity index (χ2v) is 6.98. The summed E-state index contributed by atoms with van der Waals surface area (Å²) >= 11 is 0. The zero-order valence-electron chi connectivity index (χ0n) is 16.5. The van der Waals surface area contributed by atoms with E-state index in [9.17, 15) is 14.4 Å². The molecule has 0 saturated carbocycles. The lowest BCUT2D eigenvalue weighted by atomic mass is 10.0. The van der Waals surface area contributed by atoms with Crippen molar-refractivity contribution in [1.82, 2.24) is 15.3 Å². The minimum atomic E-state index is -0.727. The number of aromatic amines is 2. The molecule has 0 aliphatic rings. The van der Waals surface area contributed by atoms with E-state index in [1.54, 1.807) is 42.5 Å². The highest BCUT2D eigenvalue weighted by atomic mass is 16.5. The van der Waals surface area contributed by atoms with Gasteiger partial charge in [-0.3, -0.25) is 9.59 Å². The highest BCUT2D eigenvalue weighted by molar-refractivity contribution is 6.01. The van der Waals surface area contributed by atoms with Gasteiger partial charge in [0.1, 0.15) is 11.8 Å². The van der Waals surface area contributed by atoms with Crippen molar-refractivity contribution in [3.05, 3.63) is 58.5 Å². The molecule has 0 aliphatic carbocycles. The molecule has 0 aliphatic heterocycles. The van der Waals surface area contributed by atoms with E-state index in [1.165, 1.54) is 0 Å². The van der Waals surface area contributed by atoms with Crippen LogP contribution in [0.25, 0.3) is 11.0 Å². The molecular weight excluding hydrogens is 372 g/mol. The molecule has 3 rings (SSSR count). The molecule has 3 aromatic rings. The van der Waals surface area contributed by atoms with E-state index < -0.39 is 6.04 Å². The van der Waals surface area contributed by atoms with Gasteiger partial charge >= 0.3 is 5.69 Å². The molecule has 0 bridgehead atoms. The number of ether oxygens (including phenoxy) is 1. The molecule has 2 amide bonds. The Bertz CT molecular complexity index is 1070. The van der Waals surface area contributed by atoms with Crippen molar-refractivity contribution in [2.75, 3.05) is 11.9 Å². The molecule has 1 unspecified atom stereocenters. The summed E-state index contributed by atoms with van der Waals surface area (Å²) in [5, 5.41) is 5.59. The Morgan fingerprint density at radius 1 is 1.03 bits per heavy atom. The number of H-pyrrole nitrogens is 2. The van der Waals surface area contributed by atoms with E-state index >= 15 is 0 Å². The maximum Gasteiger partial charge on any atom is 0.323 e. The summed E-state index contributed by atoms with van der Waals surface area (Å²) in [6, 6.07) is 11.1. The number of fused-ring (bicyclic) bond motifs is 1. The number of anilines is 1. The van der Waals surface area contributed by atoms with Gasteiger partial charge in [0.15, 0.2) is 0 Å². The molecule has 29 heavy (non-hydrogen) atoms. The first-order chi connectivity index (χ1) is 13.9. The molecule has 1 atom stereocenters. The van der Waals surface area contributed by atoms with Crippen LogP contribution in [-0.2, 0) is 4.79 Å². The Kier molecular flexibility index (Phi) is 6.01. The number of rotatable bonds is 7. The molecule has 0 spiro atoms. The number of carbonyl (C=O) groups is 2. The predicted octanol–water partition coefficient (Wildman–Crippen LogP) is 2.65. The summed E-state index contributed by atoms with van der Waals surface area (Å²) in [5.41, 5.74) is 1.90. The van der Waals surface area contributed by atoms with E-state index in [0.717, 1.165) is 0 Å². The third kappa shape index (κ3) is 4.84. The number of amides is 2. The molecule has 2 aromatic carbocycles. The first kappa shape index (κ1) is 20.2. The van der Waals surface area contributed by atoms with Crippen LogP contribution in [0, 0.1) is 5.92 Å². The second kappa shape index (κ2) is 8.64. The number of carbonyl (C=O) groups excluding carboxylic acids is 2. The normalized spacial score (nSPS) is 12.0. The van der Waals surface area contributed by atoms with Gasteiger partial charge in [-0.2, -0.15) is 0 Å². The highest BCUT2D eigenvalue weighted by Crippen LogP contribution is 2.16. The number of benzene rings is 2. The van der Waals surface area contributed by atoms with E-state index in [1.807, 2.05) is 20.8 Å². The van der Waals surface area contributed by atoms with Gasteiger partial charge in [-0.05, 0) is 55.3 Å². The van der Waals surface area contributed by atoms with Crippen LogP contribution < -0.4 is 21.1 Å². The molecular formula is C21H24N4O4. The second-order valence-electron chi connectivity index (χ2n) is 6.98. The fourth-order valence-corrected chi connectivity index (χ4v) is 2.96. The lowest BCUT2D eigenvalue weighted by Crippen LogP contribution is -2.47. The summed E-state index contributed by atoms with van der Waals surface area (Å²) in [5.74, 6) is -0.123. The van der Waals surface area contributed by atoms with Crippen molar-refractivity contribution >= 4 is 28.5 Å². The maximum absolute atomic E-state index is 12.8. The Morgan fingerprint density at radius 3 is 2.38 bits per heavy atom. The molecule has 1 heterocycles. The van der Waals surface area contributed by atoms with E-state index in [4.69, 9.17) is 4.74 Å². The smallest absolute Gasteiger partial charge is 0.323 e. The van der Waals surface area contributed by atoms with Crippen molar-refractivity contribution in [3.8, 4) is 5.75 Å². The van der Waals surface area contributed by atoms with Gasteiger partial charge < -0.3 is 25.3 Å². The van der Waals surface area contributed by atoms with Crippen molar-refractivity contribution in [2.45, 2.75) is 26.8 Å². The third-order valence-electron chi connectivity index (χ3n) is 4.45. The number of imidazole rings is 1. The Hall–Kier alpha value is -3.55. The number of hydrogen-bond donors (Lipinski definition) is 4. The fourth-order valence-electron chi connectivity index (χ4n) is 2.96. The Morgan fingerprint density at radius 2 is 1.72 bits per heavy atom. The monoisotopic (exact) mass is 396 g/mol. The van der Waals surface area contributed by atoms with Crippen LogP contribution in [0.2, 0.25) is 0 Å². The topological polar surface area (TPSA) is 116 Å². The van der Waals surface area contributed by atoms with Gasteiger partial charge in [0.2, 0.25) is 5.91 Å². The summed E-state index contributed by atoms with van der Waals surface area (Å²) in [6.45, 7) is 6.15. The molecule has 0 radical (unpaired) electrons. The number of aromatic nitrogens is 2. The van der Waals surface area contributed by atoms with E-state index in [-0.39, 0.29) is 23.4 Å². The first-order valence-corrected chi connectivity index (χ1v) is 9.44. The Balaban J connectivity index is 1.71. The van der Waals surface area contributed by atoms with Crippen LogP contribution in [-0.4, -0.2) is 34.4 Å². The van der Waals surface area contributed by atoms with Crippen LogP contribution in [0.5, 0.6) is 5.75 Å². The highest BCUT2D eigenvalue weighted by Gasteiger charge is 2.25. The van der Waals surface area contributed by atoms with Crippen LogP contribution in [0.1, 0.15) is 31.1 Å². The van der Waals surface area contributed by atoms with Crippen LogP contribution in [0.3, 0.4) is 0 Å². The zero-order chi connectivity index (χ0) is 21.0. The van der Waals surface area contributed by atoms with Gasteiger partial charge in [-0.1, -0.05) is 13.8 Å². The molecule has 152 valence electrons. The summed E-state index contributed by atoms with van der Waals surface area (Å²) < 4.78 is 5.38. The third-order valence-corrected chi connectivity index (χ3v) is 4.45. The average Bonchev–Trinajstić information content (AvgIpc) is 3.05. The standard InChI is InChI=1S/C21H24N4O4/c1-4-29-15-8-5-13(6-9-15)19(26)25-18(12(2)3)20(27)22-14-7-10-16-17(11-14)24-21(28)23-16/h5-12,18H,4H2,1-3H3,(H,22,27)(H,25,26)(H2,23,24,28). The largest absolute Gasteiger partial charge is 0.494 e. The molecule has 8 heteroatoms. The minimum absolute atomic E-state index is 0.127. The van der Waals surface area contributed by atoms with Gasteiger partial charge in [0, 0.05) is 11.3 Å². The van der Waals surface area contributed by atoms with Gasteiger partial charge in [-0.15, -0.1) is 0 Å². The molecule has 4 N–H and O–H groups in total. The van der Waals surface area contributed by atoms with Crippen molar-refractivity contribution in [3.63, 3.8) is 0 Å². The quantitative estimate of drug-likeness (QED) is 0.491. The average molecular weight is 396 g/mol. The van der Waals surface area contributed by atoms with Crippen molar-refractivity contribution in [2.24, 2.45) is 5.92 Å². The van der Waals surface area contributed by atoms with Gasteiger partial charge in [0.05, 0.1) is 17.6 Å². The minimum Gasteiger partial charge on any atom is -0.494 e. The number of hydrogen-bond acceptors (Lipinski definition) is 4. The van der Waals surface area contributed by atoms with E-state index in [2.05, 4.69) is 20.6 Å². The lowest BCUT2D eigenvalue weighted by Gasteiger charge is -2.22.